The van der Waals surface area contributed by atoms with E-state index in [4.69, 9.17) is 14.0 Å². The van der Waals surface area contributed by atoms with Gasteiger partial charge in [-0.3, -0.25) is 0 Å². The number of nitrogens with one attached hydrogen (secondary N) is 1. The van der Waals surface area contributed by atoms with E-state index in [1.54, 1.807) is 7.11 Å². The molecule has 1 aliphatic heterocycles. The fourth-order valence-electron chi connectivity index (χ4n) is 1.99. The maximum absolute atomic E-state index is 5.59. The van der Waals surface area contributed by atoms with Gasteiger partial charge in [0.1, 0.15) is 12.4 Å². The summed E-state index contributed by atoms with van der Waals surface area (Å²) in [5.41, 5.74) is 1.05. The van der Waals surface area contributed by atoms with Gasteiger partial charge in [-0.05, 0) is 30.7 Å². The molecule has 0 radical (unpaired) electrons. The van der Waals surface area contributed by atoms with Gasteiger partial charge in [0.15, 0.2) is 5.82 Å². The summed E-state index contributed by atoms with van der Waals surface area (Å²) in [4.78, 5) is 4.31. The van der Waals surface area contributed by atoms with E-state index in [2.05, 4.69) is 15.5 Å². The zero-order chi connectivity index (χ0) is 13.8. The van der Waals surface area contributed by atoms with Crippen molar-refractivity contribution in [3.8, 4) is 5.75 Å². The number of hydrogen-bond acceptors (Lipinski definition) is 6. The van der Waals surface area contributed by atoms with Crippen molar-refractivity contribution in [2.24, 2.45) is 0 Å². The molecule has 1 saturated heterocycles. The molecule has 1 aromatic heterocycles. The van der Waals surface area contributed by atoms with Crippen molar-refractivity contribution in [1.82, 2.24) is 15.5 Å². The molecule has 0 saturated carbocycles. The molecule has 3 rings (SSSR count). The molecule has 0 unspecified atom stereocenters. The lowest BCUT2D eigenvalue weighted by Gasteiger charge is -2.23. The topological polar surface area (TPSA) is 69.4 Å². The van der Waals surface area contributed by atoms with E-state index < -0.39 is 0 Å². The van der Waals surface area contributed by atoms with Crippen molar-refractivity contribution in [2.75, 3.05) is 13.7 Å². The molecule has 0 bridgehead atoms. The first-order valence-electron chi connectivity index (χ1n) is 6.61. The largest absolute Gasteiger partial charge is 0.497 e. The predicted molar refractivity (Wildman–Crippen MR) is 78.4 cm³/mol. The summed E-state index contributed by atoms with van der Waals surface area (Å²) >= 11 is 0. The van der Waals surface area contributed by atoms with Crippen LogP contribution in [0.4, 0.5) is 0 Å². The molecular formula is C14H18ClN3O3. The van der Waals surface area contributed by atoms with E-state index in [1.807, 2.05) is 24.3 Å². The van der Waals surface area contributed by atoms with Gasteiger partial charge in [0.05, 0.1) is 19.8 Å². The minimum absolute atomic E-state index is 0. The fourth-order valence-corrected chi connectivity index (χ4v) is 1.99. The van der Waals surface area contributed by atoms with Gasteiger partial charge in [0.2, 0.25) is 5.89 Å². The summed E-state index contributed by atoms with van der Waals surface area (Å²) < 4.78 is 15.9. The van der Waals surface area contributed by atoms with Crippen LogP contribution in [0.15, 0.2) is 28.8 Å². The second-order valence-corrected chi connectivity index (χ2v) is 4.69. The molecule has 2 aromatic rings. The van der Waals surface area contributed by atoms with E-state index in [1.165, 1.54) is 0 Å². The van der Waals surface area contributed by atoms with E-state index in [-0.39, 0.29) is 18.4 Å². The van der Waals surface area contributed by atoms with Gasteiger partial charge >= 0.3 is 0 Å². The number of aromatic nitrogens is 2. The van der Waals surface area contributed by atoms with Gasteiger partial charge in [-0.1, -0.05) is 17.3 Å². The molecule has 0 spiro atoms. The quantitative estimate of drug-likeness (QED) is 0.882. The van der Waals surface area contributed by atoms with Crippen LogP contribution in [0.1, 0.15) is 29.7 Å². The lowest BCUT2D eigenvalue weighted by molar-refractivity contribution is 0.0998. The van der Waals surface area contributed by atoms with E-state index in [0.717, 1.165) is 24.3 Å². The van der Waals surface area contributed by atoms with Crippen molar-refractivity contribution >= 4 is 12.4 Å². The van der Waals surface area contributed by atoms with Crippen LogP contribution in [-0.4, -0.2) is 23.8 Å². The summed E-state index contributed by atoms with van der Waals surface area (Å²) in [5, 5.41) is 7.13. The number of methoxy groups -OCH3 is 1. The van der Waals surface area contributed by atoms with Crippen molar-refractivity contribution in [3.63, 3.8) is 0 Å². The van der Waals surface area contributed by atoms with E-state index >= 15 is 0 Å². The minimum Gasteiger partial charge on any atom is -0.497 e. The number of halogens is 1. The third-order valence-corrected chi connectivity index (χ3v) is 3.24. The average molecular weight is 312 g/mol. The highest BCUT2D eigenvalue weighted by Crippen LogP contribution is 2.20. The Morgan fingerprint density at radius 1 is 1.38 bits per heavy atom. The fraction of sp³-hybridized carbons (Fsp3) is 0.429. The molecule has 0 amide bonds. The molecule has 1 aromatic carbocycles. The highest BCUT2D eigenvalue weighted by molar-refractivity contribution is 5.85. The molecule has 2 heterocycles. The SMILES string of the molecule is COc1cccc(COCc2noc([C@H]3CCN3)n2)c1.Cl. The number of rotatable bonds is 6. The highest BCUT2D eigenvalue weighted by atomic mass is 35.5. The molecule has 6 nitrogen and oxygen atoms in total. The van der Waals surface area contributed by atoms with E-state index in [9.17, 15) is 0 Å². The van der Waals surface area contributed by atoms with Gasteiger partial charge in [0, 0.05) is 0 Å². The molecule has 114 valence electrons. The van der Waals surface area contributed by atoms with Gasteiger partial charge in [-0.2, -0.15) is 4.98 Å². The Labute approximate surface area is 129 Å². The van der Waals surface area contributed by atoms with Crippen molar-refractivity contribution in [1.29, 1.82) is 0 Å². The number of benzene rings is 1. The summed E-state index contributed by atoms with van der Waals surface area (Å²) in [6, 6.07) is 7.99. The zero-order valence-electron chi connectivity index (χ0n) is 11.7. The smallest absolute Gasteiger partial charge is 0.243 e. The van der Waals surface area contributed by atoms with Gasteiger partial charge < -0.3 is 19.3 Å². The van der Waals surface area contributed by atoms with Crippen LogP contribution in [0.25, 0.3) is 0 Å². The first kappa shape index (κ1) is 15.8. The normalized spacial score (nSPS) is 16.9. The van der Waals surface area contributed by atoms with Crippen LogP contribution >= 0.6 is 12.4 Å². The second-order valence-electron chi connectivity index (χ2n) is 4.69. The van der Waals surface area contributed by atoms with Crippen LogP contribution in [0.2, 0.25) is 0 Å². The Balaban J connectivity index is 0.00000161. The lowest BCUT2D eigenvalue weighted by atomic mass is 10.1. The monoisotopic (exact) mass is 311 g/mol. The van der Waals surface area contributed by atoms with Crippen molar-refractivity contribution < 1.29 is 14.0 Å². The molecule has 1 fully saturated rings. The Hall–Kier alpha value is -1.63. The standard InChI is InChI=1S/C14H17N3O3.ClH/c1-18-11-4-2-3-10(7-11)8-19-9-13-16-14(20-17-13)12-5-6-15-12;/h2-4,7,12,15H,5-6,8-9H2,1H3;1H/t12-;/m1./s1. The number of hydrogen-bond donors (Lipinski definition) is 1. The average Bonchev–Trinajstić information content (AvgIpc) is 2.85. The highest BCUT2D eigenvalue weighted by Gasteiger charge is 2.24. The Morgan fingerprint density at radius 3 is 2.95 bits per heavy atom. The van der Waals surface area contributed by atoms with E-state index in [0.29, 0.717) is 24.9 Å². The maximum Gasteiger partial charge on any atom is 0.243 e. The van der Waals surface area contributed by atoms with Crippen molar-refractivity contribution in [3.05, 3.63) is 41.5 Å². The first-order chi connectivity index (χ1) is 9.85. The summed E-state index contributed by atoms with van der Waals surface area (Å²) in [6.45, 7) is 1.84. The van der Waals surface area contributed by atoms with Crippen LogP contribution < -0.4 is 10.1 Å². The van der Waals surface area contributed by atoms with Crippen LogP contribution in [-0.2, 0) is 18.0 Å². The Kier molecular flexibility index (Phi) is 5.55. The number of nitrogens with zero attached hydrogens (tertiary/aromatic N) is 2. The molecule has 1 N–H and O–H groups in total. The molecule has 7 heteroatoms. The molecule has 0 aliphatic carbocycles. The second kappa shape index (κ2) is 7.40. The molecule has 21 heavy (non-hydrogen) atoms. The first-order valence-corrected chi connectivity index (χ1v) is 6.61. The summed E-state index contributed by atoms with van der Waals surface area (Å²) in [5.74, 6) is 2.05. The maximum atomic E-state index is 5.59. The molecule has 1 aliphatic rings. The Bertz CT molecular complexity index is 572. The van der Waals surface area contributed by atoms with Gasteiger partial charge in [-0.25, -0.2) is 0 Å². The summed E-state index contributed by atoms with van der Waals surface area (Å²) in [7, 11) is 1.65. The molecule has 1 atom stereocenters. The van der Waals surface area contributed by atoms with Gasteiger partial charge in [-0.15, -0.1) is 12.4 Å². The lowest BCUT2D eigenvalue weighted by Crippen LogP contribution is -2.35. The van der Waals surface area contributed by atoms with Crippen LogP contribution in [0.3, 0.4) is 0 Å². The van der Waals surface area contributed by atoms with Crippen LogP contribution in [0, 0.1) is 0 Å². The predicted octanol–water partition coefficient (Wildman–Crippen LogP) is 2.25. The van der Waals surface area contributed by atoms with Gasteiger partial charge in [0.25, 0.3) is 0 Å². The summed E-state index contributed by atoms with van der Waals surface area (Å²) in [6.07, 6.45) is 1.05. The minimum atomic E-state index is 0. The third-order valence-electron chi connectivity index (χ3n) is 3.24. The number of ether oxygens (including phenoxy) is 2. The third kappa shape index (κ3) is 3.93. The van der Waals surface area contributed by atoms with Crippen molar-refractivity contribution in [2.45, 2.75) is 25.7 Å². The van der Waals surface area contributed by atoms with Crippen LogP contribution in [0.5, 0.6) is 5.75 Å². The Morgan fingerprint density at radius 2 is 2.24 bits per heavy atom. The molecular weight excluding hydrogens is 294 g/mol. The zero-order valence-corrected chi connectivity index (χ0v) is 12.6.